The number of benzene rings is 6. The van der Waals surface area contributed by atoms with Gasteiger partial charge in [0.2, 0.25) is 0 Å². The first-order valence-electron chi connectivity index (χ1n) is 14.3. The first-order valence-corrected chi connectivity index (χ1v) is 17.1. The molecule has 0 radical (unpaired) electrons. The molecule has 0 heterocycles. The summed E-state index contributed by atoms with van der Waals surface area (Å²) in [4.78, 5) is 0. The molecule has 0 spiro atoms. The average Bonchev–Trinajstić information content (AvgIpc) is 3.07. The molecule has 0 N–H and O–H groups in total. The molecule has 200 valence electrons. The Balaban J connectivity index is 1.55. The molecular formula is C39H34P2. The van der Waals surface area contributed by atoms with Crippen LogP contribution < -0.4 is 21.2 Å². The second-order valence-corrected chi connectivity index (χ2v) is 15.0. The zero-order chi connectivity index (χ0) is 27.7. The van der Waals surface area contributed by atoms with Crippen LogP contribution in [0.4, 0.5) is 0 Å². The van der Waals surface area contributed by atoms with E-state index in [1.165, 1.54) is 32.3 Å². The highest BCUT2D eigenvalue weighted by molar-refractivity contribution is 7.74. The molecule has 6 aromatic carbocycles. The van der Waals surface area contributed by atoms with Crippen LogP contribution in [-0.2, 0) is 0 Å². The Labute approximate surface area is 247 Å². The van der Waals surface area contributed by atoms with E-state index in [1.807, 2.05) is 0 Å². The highest BCUT2D eigenvalue weighted by Crippen LogP contribution is 2.60. The van der Waals surface area contributed by atoms with Crippen molar-refractivity contribution in [2.24, 2.45) is 0 Å². The van der Waals surface area contributed by atoms with Crippen LogP contribution in [0.3, 0.4) is 0 Å². The van der Waals surface area contributed by atoms with E-state index >= 15 is 0 Å². The minimum absolute atomic E-state index is 0.346. The Kier molecular flexibility index (Phi) is 9.14. The van der Waals surface area contributed by atoms with Gasteiger partial charge >= 0.3 is 0 Å². The lowest BCUT2D eigenvalue weighted by molar-refractivity contribution is 0.775. The fraction of sp³-hybridized carbons (Fsp3) is 0.0769. The van der Waals surface area contributed by atoms with Crippen LogP contribution in [-0.4, -0.2) is 0 Å². The second-order valence-electron chi connectivity index (χ2n) is 10.2. The van der Waals surface area contributed by atoms with E-state index in [9.17, 15) is 0 Å². The Morgan fingerprint density at radius 2 is 0.512 bits per heavy atom. The van der Waals surface area contributed by atoms with Gasteiger partial charge < -0.3 is 0 Å². The molecule has 0 saturated carbocycles. The molecule has 6 aromatic rings. The summed E-state index contributed by atoms with van der Waals surface area (Å²) in [6, 6.07) is 67.3. The van der Waals surface area contributed by atoms with Gasteiger partial charge in [0.25, 0.3) is 0 Å². The van der Waals surface area contributed by atoms with E-state index in [2.05, 4.69) is 182 Å². The van der Waals surface area contributed by atoms with Gasteiger partial charge in [-0.05, 0) is 54.6 Å². The quantitative estimate of drug-likeness (QED) is 0.146. The van der Waals surface area contributed by atoms with Crippen LogP contribution in [0.2, 0.25) is 0 Å². The van der Waals surface area contributed by atoms with Crippen LogP contribution >= 0.6 is 15.8 Å². The zero-order valence-electron chi connectivity index (χ0n) is 23.1. The minimum Gasteiger partial charge on any atom is -0.0622 e. The maximum Gasteiger partial charge on any atom is 0.0131 e. The summed E-state index contributed by atoms with van der Waals surface area (Å²) < 4.78 is 0. The van der Waals surface area contributed by atoms with Gasteiger partial charge in [0.15, 0.2) is 0 Å². The molecular weight excluding hydrogens is 530 g/mol. The van der Waals surface area contributed by atoms with Crippen LogP contribution in [0.1, 0.15) is 28.9 Å². The van der Waals surface area contributed by atoms with Gasteiger partial charge in [0.1, 0.15) is 0 Å². The zero-order valence-corrected chi connectivity index (χ0v) is 24.9. The molecule has 0 aliphatic heterocycles. The molecule has 0 unspecified atom stereocenters. The van der Waals surface area contributed by atoms with E-state index in [0.29, 0.717) is 11.3 Å². The van der Waals surface area contributed by atoms with Crippen molar-refractivity contribution in [2.75, 3.05) is 0 Å². The molecule has 2 atom stereocenters. The fourth-order valence-corrected chi connectivity index (χ4v) is 11.7. The van der Waals surface area contributed by atoms with Crippen LogP contribution in [0, 0.1) is 0 Å². The molecule has 0 saturated heterocycles. The van der Waals surface area contributed by atoms with Gasteiger partial charge in [-0.1, -0.05) is 182 Å². The summed E-state index contributed by atoms with van der Waals surface area (Å²) in [6.45, 7) is 0. The fourth-order valence-electron chi connectivity index (χ4n) is 5.72. The monoisotopic (exact) mass is 564 g/mol. The SMILES string of the molecule is c1ccc([C@@H](C[C@H](c2ccccc2)P(c2ccccc2)c2ccccc2)P(c2ccccc2)c2ccccc2)cc1. The van der Waals surface area contributed by atoms with Crippen molar-refractivity contribution in [2.45, 2.75) is 17.7 Å². The summed E-state index contributed by atoms with van der Waals surface area (Å²) >= 11 is 0. The largest absolute Gasteiger partial charge is 0.0622 e. The molecule has 0 bridgehead atoms. The van der Waals surface area contributed by atoms with Gasteiger partial charge in [0, 0.05) is 11.3 Å². The Hall–Kier alpha value is -3.82. The highest BCUT2D eigenvalue weighted by atomic mass is 31.1. The summed E-state index contributed by atoms with van der Waals surface area (Å²) in [7, 11) is -1.33. The Bertz CT molecular complexity index is 1390. The lowest BCUT2D eigenvalue weighted by Crippen LogP contribution is -2.22. The second kappa shape index (κ2) is 13.7. The standard InChI is InChI=1S/C39H34P2/c1-7-19-32(20-8-1)38(40(34-23-11-3-12-24-34)35-25-13-4-14-26-35)31-39(33-21-9-2-10-22-33)41(36-27-15-5-16-28-36)37-29-17-6-18-30-37/h1-30,38-39H,31H2/t38-,39-/m1/s1. The van der Waals surface area contributed by atoms with Crippen LogP contribution in [0.5, 0.6) is 0 Å². The third-order valence-corrected chi connectivity index (χ3v) is 13.3. The van der Waals surface area contributed by atoms with E-state index in [-0.39, 0.29) is 0 Å². The lowest BCUT2D eigenvalue weighted by Gasteiger charge is -2.36. The molecule has 6 rings (SSSR count). The predicted molar refractivity (Wildman–Crippen MR) is 181 cm³/mol. The smallest absolute Gasteiger partial charge is 0.0131 e. The highest BCUT2D eigenvalue weighted by Gasteiger charge is 2.34. The van der Waals surface area contributed by atoms with Crippen molar-refractivity contribution in [3.05, 3.63) is 193 Å². The summed E-state index contributed by atoms with van der Waals surface area (Å²) in [5, 5.41) is 5.72. The van der Waals surface area contributed by atoms with Crippen LogP contribution in [0.15, 0.2) is 182 Å². The first-order chi connectivity index (χ1) is 20.4. The summed E-state index contributed by atoms with van der Waals surface area (Å²) in [6.07, 6.45) is 1.05. The maximum absolute atomic E-state index is 2.35. The molecule has 0 amide bonds. The molecule has 0 aliphatic rings. The van der Waals surface area contributed by atoms with Gasteiger partial charge in [-0.25, -0.2) is 0 Å². The molecule has 0 nitrogen and oxygen atoms in total. The van der Waals surface area contributed by atoms with Crippen LogP contribution in [0.25, 0.3) is 0 Å². The van der Waals surface area contributed by atoms with E-state index < -0.39 is 15.8 Å². The van der Waals surface area contributed by atoms with Crippen molar-refractivity contribution < 1.29 is 0 Å². The minimum atomic E-state index is -0.666. The van der Waals surface area contributed by atoms with Crippen molar-refractivity contribution in [1.82, 2.24) is 0 Å². The molecule has 41 heavy (non-hydrogen) atoms. The van der Waals surface area contributed by atoms with E-state index in [0.717, 1.165) is 6.42 Å². The molecule has 0 fully saturated rings. The normalized spacial score (nSPS) is 12.7. The maximum atomic E-state index is 2.35. The predicted octanol–water partition coefficient (Wildman–Crippen LogP) is 9.12. The van der Waals surface area contributed by atoms with E-state index in [1.54, 1.807) is 0 Å². The number of rotatable bonds is 10. The van der Waals surface area contributed by atoms with E-state index in [4.69, 9.17) is 0 Å². The van der Waals surface area contributed by atoms with Gasteiger partial charge in [-0.2, -0.15) is 0 Å². The van der Waals surface area contributed by atoms with Gasteiger partial charge in [-0.3, -0.25) is 0 Å². The third kappa shape index (κ3) is 6.57. The van der Waals surface area contributed by atoms with Crippen molar-refractivity contribution in [1.29, 1.82) is 0 Å². The summed E-state index contributed by atoms with van der Waals surface area (Å²) in [5.41, 5.74) is 3.53. The van der Waals surface area contributed by atoms with Crippen molar-refractivity contribution in [3.63, 3.8) is 0 Å². The third-order valence-electron chi connectivity index (χ3n) is 7.58. The summed E-state index contributed by atoms with van der Waals surface area (Å²) in [5.74, 6) is 0. The Morgan fingerprint density at radius 3 is 0.756 bits per heavy atom. The molecule has 0 aromatic heterocycles. The topological polar surface area (TPSA) is 0 Å². The molecule has 2 heteroatoms. The number of hydrogen-bond donors (Lipinski definition) is 0. The van der Waals surface area contributed by atoms with Crippen molar-refractivity contribution >= 4 is 37.1 Å². The first kappa shape index (κ1) is 27.4. The van der Waals surface area contributed by atoms with Crippen molar-refractivity contribution in [3.8, 4) is 0 Å². The average molecular weight is 565 g/mol. The number of hydrogen-bond acceptors (Lipinski definition) is 0. The molecule has 0 aliphatic carbocycles. The Morgan fingerprint density at radius 1 is 0.293 bits per heavy atom. The van der Waals surface area contributed by atoms with Gasteiger partial charge in [-0.15, -0.1) is 0 Å². The lowest BCUT2D eigenvalue weighted by atomic mass is 10.0. The van der Waals surface area contributed by atoms with Gasteiger partial charge in [0.05, 0.1) is 0 Å².